The van der Waals surface area contributed by atoms with Crippen LogP contribution in [0.4, 0.5) is 16.0 Å². The van der Waals surface area contributed by atoms with Crippen molar-refractivity contribution in [2.75, 3.05) is 32.8 Å². The summed E-state index contributed by atoms with van der Waals surface area (Å²) in [6.07, 6.45) is 6.53. The van der Waals surface area contributed by atoms with Crippen LogP contribution in [0.2, 0.25) is 0 Å². The van der Waals surface area contributed by atoms with Crippen LogP contribution in [0.15, 0.2) is 36.7 Å². The van der Waals surface area contributed by atoms with E-state index in [0.717, 1.165) is 36.1 Å². The third-order valence-corrected chi connectivity index (χ3v) is 7.06. The highest BCUT2D eigenvalue weighted by Gasteiger charge is 2.35. The van der Waals surface area contributed by atoms with E-state index in [2.05, 4.69) is 47.1 Å². The number of methoxy groups -OCH3 is 2. The number of aryl methyl sites for hydroxylation is 2. The summed E-state index contributed by atoms with van der Waals surface area (Å²) >= 11 is 0. The predicted molar refractivity (Wildman–Crippen MR) is 138 cm³/mol. The third kappa shape index (κ3) is 5.50. The van der Waals surface area contributed by atoms with Crippen molar-refractivity contribution in [1.29, 1.82) is 0 Å². The number of aliphatic hydroxyl groups excluding tert-OH is 1. The number of rotatable bonds is 10. The van der Waals surface area contributed by atoms with Gasteiger partial charge in [-0.15, -0.1) is 0 Å². The van der Waals surface area contributed by atoms with Crippen LogP contribution < -0.4 is 10.1 Å². The quantitative estimate of drug-likeness (QED) is 0.399. The average molecular weight is 495 g/mol. The fourth-order valence-electron chi connectivity index (χ4n) is 4.74. The lowest BCUT2D eigenvalue weighted by Gasteiger charge is -2.23. The molecule has 192 valence electrons. The second-order valence-corrected chi connectivity index (χ2v) is 10.6. The minimum atomic E-state index is -0.311. The average Bonchev–Trinajstić information content (AvgIpc) is 3.20. The van der Waals surface area contributed by atoms with Gasteiger partial charge in [0.15, 0.2) is 0 Å². The van der Waals surface area contributed by atoms with Crippen molar-refractivity contribution < 1.29 is 19.0 Å². The van der Waals surface area contributed by atoms with E-state index in [9.17, 15) is 5.11 Å². The Morgan fingerprint density at radius 3 is 2.72 bits per heavy atom. The Bertz CT molecular complexity index is 1230. The van der Waals surface area contributed by atoms with Crippen LogP contribution >= 0.6 is 0 Å². The van der Waals surface area contributed by atoms with Gasteiger partial charge < -0.3 is 19.9 Å². The van der Waals surface area contributed by atoms with Crippen molar-refractivity contribution in [3.8, 4) is 17.0 Å². The first kappa shape index (κ1) is 26.0. The standard InChI is InChI=1S/C28H35FN4O3/c1-27(2,17-35-4)9-6-18-13-25(36-5)24(14-21(18)29)33-26-30-11-8-22(32-26)19-12-20-23(31-15-19)7-10-28(20,3)16-34/h8,11-15,34H,6-7,9-10,16-17H2,1-5H3,(H,30,32,33). The molecule has 0 saturated heterocycles. The first-order valence-corrected chi connectivity index (χ1v) is 12.2. The number of hydrogen-bond donors (Lipinski definition) is 2. The van der Waals surface area contributed by atoms with Gasteiger partial charge in [0.05, 0.1) is 31.7 Å². The molecule has 0 spiro atoms. The molecule has 1 aliphatic rings. The molecule has 2 N–H and O–H groups in total. The van der Waals surface area contributed by atoms with Crippen LogP contribution in [0.3, 0.4) is 0 Å². The van der Waals surface area contributed by atoms with Gasteiger partial charge in [0, 0.05) is 42.2 Å². The van der Waals surface area contributed by atoms with E-state index in [1.807, 2.05) is 6.07 Å². The van der Waals surface area contributed by atoms with Crippen molar-refractivity contribution in [2.45, 2.75) is 51.9 Å². The molecule has 2 aromatic heterocycles. The van der Waals surface area contributed by atoms with Gasteiger partial charge >= 0.3 is 0 Å². The van der Waals surface area contributed by atoms with Crippen molar-refractivity contribution >= 4 is 11.6 Å². The van der Waals surface area contributed by atoms with Crippen LogP contribution in [0.5, 0.6) is 5.75 Å². The number of halogens is 1. The molecule has 1 atom stereocenters. The Hall–Kier alpha value is -3.10. The fraction of sp³-hybridized carbons (Fsp3) is 0.464. The lowest BCUT2D eigenvalue weighted by molar-refractivity contribution is 0.0983. The molecule has 2 heterocycles. The number of nitrogens with one attached hydrogen (secondary N) is 1. The molecule has 0 fully saturated rings. The highest BCUT2D eigenvalue weighted by molar-refractivity contribution is 5.66. The Kier molecular flexibility index (Phi) is 7.57. The molecule has 0 radical (unpaired) electrons. The summed E-state index contributed by atoms with van der Waals surface area (Å²) in [7, 11) is 3.23. The van der Waals surface area contributed by atoms with Gasteiger partial charge in [-0.2, -0.15) is 0 Å². The number of fused-ring (bicyclic) bond motifs is 1. The van der Waals surface area contributed by atoms with E-state index in [4.69, 9.17) is 9.47 Å². The normalized spacial score (nSPS) is 17.2. The number of ether oxygens (including phenoxy) is 2. The van der Waals surface area contributed by atoms with Gasteiger partial charge in [0.2, 0.25) is 5.95 Å². The molecule has 0 amide bonds. The van der Waals surface area contributed by atoms with Gasteiger partial charge in [0.25, 0.3) is 0 Å². The molecular formula is C28H35FN4O3. The van der Waals surface area contributed by atoms with E-state index in [1.165, 1.54) is 6.07 Å². The van der Waals surface area contributed by atoms with Crippen LogP contribution in [-0.2, 0) is 23.0 Å². The fourth-order valence-corrected chi connectivity index (χ4v) is 4.74. The maximum atomic E-state index is 15.0. The molecule has 7 nitrogen and oxygen atoms in total. The van der Waals surface area contributed by atoms with Gasteiger partial charge in [-0.3, -0.25) is 4.98 Å². The van der Waals surface area contributed by atoms with Crippen LogP contribution in [0.25, 0.3) is 11.3 Å². The summed E-state index contributed by atoms with van der Waals surface area (Å²) in [6, 6.07) is 7.02. The minimum Gasteiger partial charge on any atom is -0.495 e. The number of anilines is 2. The molecule has 1 aliphatic carbocycles. The SMILES string of the molecule is COCC(C)(C)CCc1cc(OC)c(Nc2nccc(-c3cnc4c(c3)C(C)(CO)CC4)n2)cc1F. The Labute approximate surface area is 212 Å². The topological polar surface area (TPSA) is 89.4 Å². The molecule has 8 heteroatoms. The lowest BCUT2D eigenvalue weighted by atomic mass is 9.85. The second kappa shape index (κ2) is 10.5. The number of benzene rings is 1. The minimum absolute atomic E-state index is 0.0549. The van der Waals surface area contributed by atoms with Crippen LogP contribution in [-0.4, -0.2) is 47.5 Å². The third-order valence-electron chi connectivity index (χ3n) is 7.06. The Morgan fingerprint density at radius 2 is 2.00 bits per heavy atom. The van der Waals surface area contributed by atoms with Gasteiger partial charge in [0.1, 0.15) is 11.6 Å². The summed E-state index contributed by atoms with van der Waals surface area (Å²) < 4.78 is 25.8. The maximum Gasteiger partial charge on any atom is 0.227 e. The van der Waals surface area contributed by atoms with Crippen molar-refractivity contribution in [3.05, 3.63) is 59.3 Å². The summed E-state index contributed by atoms with van der Waals surface area (Å²) in [5.74, 6) is 0.529. The van der Waals surface area contributed by atoms with Crippen molar-refractivity contribution in [3.63, 3.8) is 0 Å². The first-order valence-electron chi connectivity index (χ1n) is 12.2. The monoisotopic (exact) mass is 494 g/mol. The molecule has 0 aliphatic heterocycles. The van der Waals surface area contributed by atoms with E-state index in [0.29, 0.717) is 41.7 Å². The number of aromatic nitrogens is 3. The second-order valence-electron chi connectivity index (χ2n) is 10.6. The highest BCUT2D eigenvalue weighted by Crippen LogP contribution is 2.39. The van der Waals surface area contributed by atoms with Gasteiger partial charge in [-0.25, -0.2) is 14.4 Å². The smallest absolute Gasteiger partial charge is 0.227 e. The predicted octanol–water partition coefficient (Wildman–Crippen LogP) is 5.23. The maximum absolute atomic E-state index is 15.0. The van der Waals surface area contributed by atoms with Crippen LogP contribution in [0.1, 0.15) is 50.4 Å². The zero-order chi connectivity index (χ0) is 25.9. The van der Waals surface area contributed by atoms with Gasteiger partial charge in [-0.05, 0) is 60.4 Å². The molecular weight excluding hydrogens is 459 g/mol. The Balaban J connectivity index is 1.57. The largest absolute Gasteiger partial charge is 0.495 e. The van der Waals surface area contributed by atoms with Crippen LogP contribution in [0, 0.1) is 11.2 Å². The Morgan fingerprint density at radius 1 is 1.19 bits per heavy atom. The van der Waals surface area contributed by atoms with E-state index in [-0.39, 0.29) is 23.3 Å². The lowest BCUT2D eigenvalue weighted by Crippen LogP contribution is -2.23. The summed E-state index contributed by atoms with van der Waals surface area (Å²) in [5.41, 5.74) is 4.30. The summed E-state index contributed by atoms with van der Waals surface area (Å²) in [4.78, 5) is 13.6. The molecule has 4 rings (SSSR count). The van der Waals surface area contributed by atoms with E-state index in [1.54, 1.807) is 32.7 Å². The number of pyridine rings is 1. The number of nitrogens with zero attached hydrogens (tertiary/aromatic N) is 3. The van der Waals surface area contributed by atoms with Crippen molar-refractivity contribution in [1.82, 2.24) is 15.0 Å². The molecule has 36 heavy (non-hydrogen) atoms. The summed E-state index contributed by atoms with van der Waals surface area (Å²) in [6.45, 7) is 6.95. The summed E-state index contributed by atoms with van der Waals surface area (Å²) in [5, 5.41) is 13.0. The first-order chi connectivity index (χ1) is 17.2. The van der Waals surface area contributed by atoms with E-state index >= 15 is 4.39 Å². The van der Waals surface area contributed by atoms with E-state index < -0.39 is 0 Å². The molecule has 1 unspecified atom stereocenters. The highest BCUT2D eigenvalue weighted by atomic mass is 19.1. The zero-order valence-electron chi connectivity index (χ0n) is 21.7. The number of hydrogen-bond acceptors (Lipinski definition) is 7. The molecule has 0 saturated carbocycles. The van der Waals surface area contributed by atoms with Crippen molar-refractivity contribution in [2.24, 2.45) is 5.41 Å². The molecule has 1 aromatic carbocycles. The zero-order valence-corrected chi connectivity index (χ0v) is 21.7. The molecule has 0 bridgehead atoms. The number of aliphatic hydroxyl groups is 1. The molecule has 3 aromatic rings. The van der Waals surface area contributed by atoms with Gasteiger partial charge in [-0.1, -0.05) is 20.8 Å².